The van der Waals surface area contributed by atoms with Crippen molar-refractivity contribution in [3.8, 4) is 0 Å². The van der Waals surface area contributed by atoms with Crippen molar-refractivity contribution in [2.75, 3.05) is 11.9 Å². The molecule has 1 aromatic rings. The highest BCUT2D eigenvalue weighted by Gasteiger charge is 2.20. The Hall–Kier alpha value is -1.95. The van der Waals surface area contributed by atoms with E-state index in [-0.39, 0.29) is 6.42 Å². The Morgan fingerprint density at radius 1 is 1.25 bits per heavy atom. The lowest BCUT2D eigenvalue weighted by Gasteiger charge is -2.20. The van der Waals surface area contributed by atoms with Crippen molar-refractivity contribution < 1.29 is 24.4 Å². The van der Waals surface area contributed by atoms with Crippen molar-refractivity contribution in [2.45, 2.75) is 52.0 Å². The van der Waals surface area contributed by atoms with Gasteiger partial charge in [-0.05, 0) is 37.1 Å². The fourth-order valence-corrected chi connectivity index (χ4v) is 2.55. The predicted octanol–water partition coefficient (Wildman–Crippen LogP) is 1.05. The second-order valence-corrected chi connectivity index (χ2v) is 6.07. The molecule has 1 amide bonds. The van der Waals surface area contributed by atoms with Crippen molar-refractivity contribution in [3.63, 3.8) is 0 Å². The molecule has 1 aromatic carbocycles. The van der Waals surface area contributed by atoms with E-state index in [1.54, 1.807) is 5.32 Å². The van der Waals surface area contributed by atoms with E-state index in [0.29, 0.717) is 18.2 Å². The molecule has 0 aliphatic heterocycles. The first-order valence-corrected chi connectivity index (χ1v) is 8.55. The number of hydrogen-bond donors (Lipinski definition) is 2. The van der Waals surface area contributed by atoms with Crippen LogP contribution < -0.4 is 15.7 Å². The number of rotatable bonds is 11. The smallest absolute Gasteiger partial charge is 0.230 e. The number of carboxylic acids is 1. The number of nitrogens with one attached hydrogen (secondary N) is 1. The third kappa shape index (κ3) is 7.55. The number of anilines is 1. The standard InChI is InChI=1S/C18H27FN2O3/c1-3-5-6-13(4-2)12-20-16(18(23)24)11-17(22)21-15-9-7-14(19)8-10-15/h7-10,13,16,20H,3-6,11-12H2,1-2H3,(H,21,22)(H,23,24)/t13-,16-/m0/s1. The molecular weight excluding hydrogens is 311 g/mol. The van der Waals surface area contributed by atoms with Crippen LogP contribution in [-0.2, 0) is 9.59 Å². The molecule has 0 fully saturated rings. The second-order valence-electron chi connectivity index (χ2n) is 6.07. The number of nitrogens with two attached hydrogens (primary N) is 1. The highest BCUT2D eigenvalue weighted by Crippen LogP contribution is 2.10. The summed E-state index contributed by atoms with van der Waals surface area (Å²) in [6.45, 7) is 4.88. The van der Waals surface area contributed by atoms with Gasteiger partial charge in [-0.2, -0.15) is 0 Å². The number of hydrogen-bond acceptors (Lipinski definition) is 3. The fourth-order valence-electron chi connectivity index (χ4n) is 2.55. The number of halogens is 1. The summed E-state index contributed by atoms with van der Waals surface area (Å²) in [6.07, 6.45) is 4.10. The number of carbonyl (C=O) groups excluding carboxylic acids is 2. The molecule has 0 spiro atoms. The highest BCUT2D eigenvalue weighted by molar-refractivity contribution is 5.93. The van der Waals surface area contributed by atoms with Gasteiger partial charge in [-0.25, -0.2) is 4.39 Å². The van der Waals surface area contributed by atoms with Crippen LogP contribution in [0.5, 0.6) is 0 Å². The zero-order chi connectivity index (χ0) is 17.9. The van der Waals surface area contributed by atoms with Gasteiger partial charge in [-0.3, -0.25) is 4.79 Å². The van der Waals surface area contributed by atoms with Gasteiger partial charge in [0.25, 0.3) is 0 Å². The largest absolute Gasteiger partial charge is 0.544 e. The van der Waals surface area contributed by atoms with Crippen LogP contribution in [0.3, 0.4) is 0 Å². The number of carbonyl (C=O) groups is 2. The van der Waals surface area contributed by atoms with Crippen LogP contribution >= 0.6 is 0 Å². The minimum absolute atomic E-state index is 0.177. The lowest BCUT2D eigenvalue weighted by molar-refractivity contribution is -0.687. The van der Waals surface area contributed by atoms with Gasteiger partial charge in [0.05, 0.1) is 18.9 Å². The first-order chi connectivity index (χ1) is 11.5. The minimum Gasteiger partial charge on any atom is -0.544 e. The number of unbranched alkanes of at least 4 members (excludes halogenated alkanes) is 1. The Labute approximate surface area is 142 Å². The summed E-state index contributed by atoms with van der Waals surface area (Å²) >= 11 is 0. The van der Waals surface area contributed by atoms with Gasteiger partial charge in [-0.1, -0.05) is 26.7 Å². The summed E-state index contributed by atoms with van der Waals surface area (Å²) in [5.41, 5.74) is 0.438. The monoisotopic (exact) mass is 338 g/mol. The van der Waals surface area contributed by atoms with Crippen LogP contribution in [0.25, 0.3) is 0 Å². The topological polar surface area (TPSA) is 85.8 Å². The van der Waals surface area contributed by atoms with Crippen molar-refractivity contribution in [2.24, 2.45) is 5.92 Å². The number of benzene rings is 1. The molecule has 0 saturated carbocycles. The molecule has 0 aromatic heterocycles. The average molecular weight is 338 g/mol. The average Bonchev–Trinajstić information content (AvgIpc) is 2.55. The molecule has 0 aliphatic carbocycles. The summed E-state index contributed by atoms with van der Waals surface area (Å²) in [4.78, 5) is 23.3. The molecule has 24 heavy (non-hydrogen) atoms. The van der Waals surface area contributed by atoms with Crippen LogP contribution in [0.15, 0.2) is 24.3 Å². The molecule has 134 valence electrons. The molecule has 0 aliphatic rings. The summed E-state index contributed by atoms with van der Waals surface area (Å²) in [6, 6.07) is 4.42. The quantitative estimate of drug-likeness (QED) is 0.632. The molecule has 0 heterocycles. The molecular formula is C18H27FN2O3. The van der Waals surface area contributed by atoms with Gasteiger partial charge in [0.15, 0.2) is 0 Å². The van der Waals surface area contributed by atoms with E-state index in [0.717, 1.165) is 25.7 Å². The fraction of sp³-hybridized carbons (Fsp3) is 0.556. The molecule has 2 atom stereocenters. The number of carboxylic acid groups (broad SMARTS) is 1. The van der Waals surface area contributed by atoms with E-state index in [1.165, 1.54) is 24.3 Å². The maximum Gasteiger partial charge on any atom is 0.230 e. The Morgan fingerprint density at radius 2 is 1.92 bits per heavy atom. The molecule has 3 N–H and O–H groups in total. The SMILES string of the molecule is CCCC[C@H](CC)C[NH2+][C@@H](CC(=O)Nc1ccc(F)cc1)C(=O)[O-]. The zero-order valence-electron chi connectivity index (χ0n) is 14.4. The minimum atomic E-state index is -1.24. The van der Waals surface area contributed by atoms with Gasteiger partial charge in [0, 0.05) is 11.6 Å². The summed E-state index contributed by atoms with van der Waals surface area (Å²) in [7, 11) is 0. The Bertz CT molecular complexity index is 520. The van der Waals surface area contributed by atoms with Crippen LogP contribution in [0.1, 0.15) is 46.0 Å². The predicted molar refractivity (Wildman–Crippen MR) is 88.5 cm³/mol. The van der Waals surface area contributed by atoms with E-state index in [9.17, 15) is 19.1 Å². The molecule has 0 unspecified atom stereocenters. The van der Waals surface area contributed by atoms with Crippen molar-refractivity contribution in [3.05, 3.63) is 30.1 Å². The third-order valence-electron chi connectivity index (χ3n) is 4.13. The third-order valence-corrected chi connectivity index (χ3v) is 4.13. The molecule has 0 bridgehead atoms. The summed E-state index contributed by atoms with van der Waals surface area (Å²) in [5.74, 6) is -1.62. The molecule has 6 heteroatoms. The molecule has 1 rings (SSSR count). The van der Waals surface area contributed by atoms with Crippen molar-refractivity contribution in [1.82, 2.24) is 0 Å². The first-order valence-electron chi connectivity index (χ1n) is 8.55. The maximum absolute atomic E-state index is 12.8. The van der Waals surface area contributed by atoms with Crippen LogP contribution in [0, 0.1) is 11.7 Å². The van der Waals surface area contributed by atoms with E-state index in [4.69, 9.17) is 0 Å². The molecule has 0 radical (unpaired) electrons. The number of quaternary nitrogens is 1. The van der Waals surface area contributed by atoms with Crippen LogP contribution in [0.4, 0.5) is 10.1 Å². The maximum atomic E-state index is 12.8. The molecule has 0 saturated heterocycles. The van der Waals surface area contributed by atoms with Crippen molar-refractivity contribution >= 4 is 17.6 Å². The Balaban J connectivity index is 2.50. The number of amides is 1. The van der Waals surface area contributed by atoms with Crippen molar-refractivity contribution in [1.29, 1.82) is 0 Å². The first kappa shape index (κ1) is 20.1. The second kappa shape index (κ2) is 10.8. The summed E-state index contributed by atoms with van der Waals surface area (Å²) in [5, 5.41) is 15.5. The Morgan fingerprint density at radius 3 is 2.46 bits per heavy atom. The zero-order valence-corrected chi connectivity index (χ0v) is 14.4. The van der Waals surface area contributed by atoms with E-state index in [1.807, 2.05) is 0 Å². The van der Waals surface area contributed by atoms with Crippen LogP contribution in [-0.4, -0.2) is 24.5 Å². The number of aliphatic carboxylic acids is 1. The Kier molecular flexibility index (Phi) is 9.01. The summed E-state index contributed by atoms with van der Waals surface area (Å²) < 4.78 is 12.8. The van der Waals surface area contributed by atoms with Gasteiger partial charge < -0.3 is 20.5 Å². The normalized spacial score (nSPS) is 13.3. The van der Waals surface area contributed by atoms with Gasteiger partial charge >= 0.3 is 0 Å². The lowest BCUT2D eigenvalue weighted by atomic mass is 9.99. The highest BCUT2D eigenvalue weighted by atomic mass is 19.1. The van der Waals surface area contributed by atoms with Crippen LogP contribution in [0.2, 0.25) is 0 Å². The van der Waals surface area contributed by atoms with Gasteiger partial charge in [0.1, 0.15) is 11.9 Å². The van der Waals surface area contributed by atoms with Gasteiger partial charge in [-0.15, -0.1) is 0 Å². The van der Waals surface area contributed by atoms with E-state index < -0.39 is 23.7 Å². The van der Waals surface area contributed by atoms with E-state index >= 15 is 0 Å². The van der Waals surface area contributed by atoms with E-state index in [2.05, 4.69) is 19.2 Å². The molecule has 5 nitrogen and oxygen atoms in total. The lowest BCUT2D eigenvalue weighted by Crippen LogP contribution is -2.94. The van der Waals surface area contributed by atoms with Gasteiger partial charge in [0.2, 0.25) is 5.91 Å².